The van der Waals surface area contributed by atoms with E-state index in [4.69, 9.17) is 5.26 Å². The number of aromatic nitrogens is 2. The summed E-state index contributed by atoms with van der Waals surface area (Å²) in [6.07, 6.45) is 5.65. The van der Waals surface area contributed by atoms with Crippen LogP contribution in [0.15, 0.2) is 12.4 Å². The van der Waals surface area contributed by atoms with Gasteiger partial charge in [0, 0.05) is 31.5 Å². The zero-order chi connectivity index (χ0) is 13.7. The number of nitrogens with one attached hydrogen (secondary N) is 1. The molecule has 0 amide bonds. The maximum absolute atomic E-state index is 9.17. The normalized spacial score (nSPS) is 18.5. The van der Waals surface area contributed by atoms with Crippen molar-refractivity contribution in [3.05, 3.63) is 18.1 Å². The molecule has 2 rings (SSSR count). The number of nitrogens with zero attached hydrogens (tertiary/aromatic N) is 4. The molecule has 102 valence electrons. The molecular formula is C14H21N5. The van der Waals surface area contributed by atoms with Crippen molar-refractivity contribution in [3.63, 3.8) is 0 Å². The van der Waals surface area contributed by atoms with Gasteiger partial charge in [0.05, 0.1) is 0 Å². The monoisotopic (exact) mass is 259 g/mol. The number of rotatable bonds is 5. The van der Waals surface area contributed by atoms with Gasteiger partial charge in [-0.05, 0) is 25.3 Å². The summed E-state index contributed by atoms with van der Waals surface area (Å²) in [4.78, 5) is 10.7. The van der Waals surface area contributed by atoms with Crippen LogP contribution in [-0.2, 0) is 0 Å². The second-order valence-electron chi connectivity index (χ2n) is 5.43. The largest absolute Gasteiger partial charge is 0.352 e. The maximum atomic E-state index is 9.17. The van der Waals surface area contributed by atoms with Crippen LogP contribution in [0.3, 0.4) is 0 Å². The lowest BCUT2D eigenvalue weighted by atomic mass is 10.1. The highest BCUT2D eigenvalue weighted by atomic mass is 15.2. The zero-order valence-corrected chi connectivity index (χ0v) is 11.6. The van der Waals surface area contributed by atoms with Gasteiger partial charge in [-0.15, -0.1) is 0 Å². The molecule has 1 aromatic heterocycles. The molecular weight excluding hydrogens is 238 g/mol. The van der Waals surface area contributed by atoms with E-state index < -0.39 is 0 Å². The fourth-order valence-corrected chi connectivity index (χ4v) is 2.51. The predicted molar refractivity (Wildman–Crippen MR) is 74.8 cm³/mol. The van der Waals surface area contributed by atoms with Gasteiger partial charge in [0.25, 0.3) is 0 Å². The third kappa shape index (κ3) is 3.65. The summed E-state index contributed by atoms with van der Waals surface area (Å²) >= 11 is 0. The minimum Gasteiger partial charge on any atom is -0.352 e. The van der Waals surface area contributed by atoms with Crippen LogP contribution >= 0.6 is 0 Å². The van der Waals surface area contributed by atoms with E-state index in [2.05, 4.69) is 40.1 Å². The van der Waals surface area contributed by atoms with Crippen molar-refractivity contribution in [2.45, 2.75) is 32.7 Å². The van der Waals surface area contributed by atoms with Crippen molar-refractivity contribution < 1.29 is 0 Å². The lowest BCUT2D eigenvalue weighted by Crippen LogP contribution is -2.40. The molecule has 1 atom stereocenters. The van der Waals surface area contributed by atoms with Crippen molar-refractivity contribution in [3.8, 4) is 6.07 Å². The Morgan fingerprint density at radius 2 is 2.26 bits per heavy atom. The Kier molecular flexibility index (Phi) is 4.69. The molecule has 0 spiro atoms. The molecule has 0 radical (unpaired) electrons. The molecule has 1 unspecified atom stereocenters. The van der Waals surface area contributed by atoms with E-state index in [1.165, 1.54) is 12.8 Å². The first-order valence-electron chi connectivity index (χ1n) is 6.90. The Balaban J connectivity index is 2.18. The van der Waals surface area contributed by atoms with Crippen molar-refractivity contribution in [1.29, 1.82) is 5.26 Å². The van der Waals surface area contributed by atoms with Gasteiger partial charge in [0.2, 0.25) is 0 Å². The topological polar surface area (TPSA) is 64.8 Å². The first-order chi connectivity index (χ1) is 9.20. The van der Waals surface area contributed by atoms with Crippen molar-refractivity contribution in [1.82, 2.24) is 15.3 Å². The van der Waals surface area contributed by atoms with Gasteiger partial charge in [-0.2, -0.15) is 5.26 Å². The molecule has 1 N–H and O–H groups in total. The molecule has 1 saturated heterocycles. The van der Waals surface area contributed by atoms with Gasteiger partial charge in [0.1, 0.15) is 6.07 Å². The molecule has 0 aliphatic carbocycles. The molecule has 1 aliphatic rings. The molecule has 5 heteroatoms. The van der Waals surface area contributed by atoms with Gasteiger partial charge in [-0.1, -0.05) is 13.8 Å². The number of hydrogen-bond donors (Lipinski definition) is 1. The Bertz CT molecular complexity index is 445. The molecule has 0 saturated carbocycles. The minimum atomic E-state index is 0.418. The summed E-state index contributed by atoms with van der Waals surface area (Å²) in [6, 6.07) is 2.63. The molecule has 0 bridgehead atoms. The van der Waals surface area contributed by atoms with Crippen molar-refractivity contribution in [2.75, 3.05) is 24.5 Å². The molecule has 0 aromatic carbocycles. The Morgan fingerprint density at radius 1 is 1.47 bits per heavy atom. The summed E-state index contributed by atoms with van der Waals surface area (Å²) in [5.74, 6) is 1.24. The number of nitriles is 1. The van der Waals surface area contributed by atoms with Crippen LogP contribution in [0, 0.1) is 17.2 Å². The van der Waals surface area contributed by atoms with E-state index in [-0.39, 0.29) is 0 Å². The predicted octanol–water partition coefficient (Wildman–Crippen LogP) is 1.56. The average molecular weight is 259 g/mol. The molecule has 1 aliphatic heterocycles. The second kappa shape index (κ2) is 6.48. The van der Waals surface area contributed by atoms with Crippen LogP contribution in [0.2, 0.25) is 0 Å². The van der Waals surface area contributed by atoms with E-state index >= 15 is 0 Å². The van der Waals surface area contributed by atoms with E-state index in [1.54, 1.807) is 12.4 Å². The van der Waals surface area contributed by atoms with Crippen molar-refractivity contribution in [2.24, 2.45) is 5.92 Å². The summed E-state index contributed by atoms with van der Waals surface area (Å²) in [5.41, 5.74) is 0.418. The highest BCUT2D eigenvalue weighted by molar-refractivity contribution is 5.49. The van der Waals surface area contributed by atoms with E-state index in [0.29, 0.717) is 23.5 Å². The zero-order valence-electron chi connectivity index (χ0n) is 11.6. The quantitative estimate of drug-likeness (QED) is 0.869. The SMILES string of the molecule is CC(C)CN(CC1CCCN1)c1nccnc1C#N. The van der Waals surface area contributed by atoms with Gasteiger partial charge in [-0.3, -0.25) is 0 Å². The first kappa shape index (κ1) is 13.8. The van der Waals surface area contributed by atoms with Crippen LogP contribution in [0.25, 0.3) is 0 Å². The third-order valence-corrected chi connectivity index (χ3v) is 3.27. The highest BCUT2D eigenvalue weighted by Gasteiger charge is 2.21. The van der Waals surface area contributed by atoms with Crippen LogP contribution < -0.4 is 10.2 Å². The molecule has 5 nitrogen and oxygen atoms in total. The third-order valence-electron chi connectivity index (χ3n) is 3.27. The Morgan fingerprint density at radius 3 is 2.89 bits per heavy atom. The van der Waals surface area contributed by atoms with Gasteiger partial charge >= 0.3 is 0 Å². The number of anilines is 1. The van der Waals surface area contributed by atoms with E-state index in [0.717, 1.165) is 19.6 Å². The molecule has 2 heterocycles. The van der Waals surface area contributed by atoms with Crippen LogP contribution in [0.4, 0.5) is 5.82 Å². The highest BCUT2D eigenvalue weighted by Crippen LogP contribution is 2.18. The molecule has 1 fully saturated rings. The van der Waals surface area contributed by atoms with Gasteiger partial charge in [0.15, 0.2) is 11.5 Å². The van der Waals surface area contributed by atoms with Crippen LogP contribution in [0.5, 0.6) is 0 Å². The number of hydrogen-bond acceptors (Lipinski definition) is 5. The first-order valence-corrected chi connectivity index (χ1v) is 6.90. The summed E-state index contributed by atoms with van der Waals surface area (Å²) in [7, 11) is 0. The minimum absolute atomic E-state index is 0.418. The van der Waals surface area contributed by atoms with Gasteiger partial charge in [-0.25, -0.2) is 9.97 Å². The van der Waals surface area contributed by atoms with Crippen molar-refractivity contribution >= 4 is 5.82 Å². The van der Waals surface area contributed by atoms with Crippen LogP contribution in [-0.4, -0.2) is 35.6 Å². The van der Waals surface area contributed by atoms with E-state index in [9.17, 15) is 0 Å². The fraction of sp³-hybridized carbons (Fsp3) is 0.643. The smallest absolute Gasteiger partial charge is 0.183 e. The molecule has 19 heavy (non-hydrogen) atoms. The summed E-state index contributed by atoms with van der Waals surface area (Å²) in [5, 5.41) is 12.7. The Labute approximate surface area is 114 Å². The lowest BCUT2D eigenvalue weighted by Gasteiger charge is -2.28. The Hall–Kier alpha value is -1.67. The second-order valence-corrected chi connectivity index (χ2v) is 5.43. The van der Waals surface area contributed by atoms with Gasteiger partial charge < -0.3 is 10.2 Å². The maximum Gasteiger partial charge on any atom is 0.183 e. The summed E-state index contributed by atoms with van der Waals surface area (Å²) in [6.45, 7) is 7.23. The standard InChI is InChI=1S/C14H21N5/c1-11(2)9-19(10-12-4-3-5-16-12)14-13(8-15)17-6-7-18-14/h6-7,11-12,16H,3-5,9-10H2,1-2H3. The molecule has 1 aromatic rings. The summed E-state index contributed by atoms with van der Waals surface area (Å²) < 4.78 is 0. The fourth-order valence-electron chi connectivity index (χ4n) is 2.51. The van der Waals surface area contributed by atoms with E-state index in [1.807, 2.05) is 0 Å². The lowest BCUT2D eigenvalue weighted by molar-refractivity contribution is 0.537. The average Bonchev–Trinajstić information content (AvgIpc) is 2.90. The van der Waals surface area contributed by atoms with Crippen LogP contribution in [0.1, 0.15) is 32.4 Å².